The number of carbonyl (C=O) groups excluding carboxylic acids is 1. The second-order valence-electron chi connectivity index (χ2n) is 4.73. The molecule has 3 aromatic rings. The Kier molecular flexibility index (Phi) is 4.13. The van der Waals surface area contributed by atoms with Gasteiger partial charge in [-0.05, 0) is 34.1 Å². The summed E-state index contributed by atoms with van der Waals surface area (Å²) in [6.45, 7) is 0. The smallest absolute Gasteiger partial charge is 0.311 e. The van der Waals surface area contributed by atoms with Crippen molar-refractivity contribution in [1.82, 2.24) is 14.6 Å². The van der Waals surface area contributed by atoms with Crippen LogP contribution in [0, 0.1) is 10.1 Å². The molecule has 0 saturated carbocycles. The topological polar surface area (TPSA) is 112 Å². The van der Waals surface area contributed by atoms with Crippen LogP contribution in [0.25, 0.3) is 5.65 Å². The van der Waals surface area contributed by atoms with Crippen molar-refractivity contribution in [2.45, 2.75) is 0 Å². The van der Waals surface area contributed by atoms with Gasteiger partial charge >= 0.3 is 5.69 Å². The first kappa shape index (κ1) is 15.9. The summed E-state index contributed by atoms with van der Waals surface area (Å²) in [6.07, 6.45) is 3.23. The fourth-order valence-electron chi connectivity index (χ4n) is 2.16. The Morgan fingerprint density at radius 2 is 2.21 bits per heavy atom. The maximum Gasteiger partial charge on any atom is 0.311 e. The number of nitro benzene ring substituents is 1. The summed E-state index contributed by atoms with van der Waals surface area (Å²) in [5, 5.41) is 21.4. The fourth-order valence-corrected chi connectivity index (χ4v) is 2.61. The van der Waals surface area contributed by atoms with Gasteiger partial charge in [-0.3, -0.25) is 19.3 Å². The molecule has 1 N–H and O–H groups in total. The van der Waals surface area contributed by atoms with Gasteiger partial charge in [0.15, 0.2) is 11.4 Å². The Labute approximate surface area is 143 Å². The molecule has 0 aliphatic rings. The molecule has 0 spiro atoms. The molecule has 0 unspecified atom stereocenters. The van der Waals surface area contributed by atoms with Crippen molar-refractivity contribution in [1.29, 1.82) is 0 Å². The SMILES string of the molecule is COc1ccc(C(=O)Nc2cc(Br)cn3cnnc23)cc1[N+](=O)[O-]. The molecule has 24 heavy (non-hydrogen) atoms. The molecule has 10 heteroatoms. The molecular weight excluding hydrogens is 382 g/mol. The summed E-state index contributed by atoms with van der Waals surface area (Å²) in [5.74, 6) is -0.428. The van der Waals surface area contributed by atoms with Crippen LogP contribution in [-0.4, -0.2) is 32.5 Å². The maximum absolute atomic E-state index is 12.4. The van der Waals surface area contributed by atoms with E-state index in [1.807, 2.05) is 0 Å². The number of carbonyl (C=O) groups is 1. The van der Waals surface area contributed by atoms with Gasteiger partial charge < -0.3 is 10.1 Å². The number of hydrogen-bond acceptors (Lipinski definition) is 6. The van der Waals surface area contributed by atoms with Crippen LogP contribution in [0.1, 0.15) is 10.4 Å². The molecule has 0 fully saturated rings. The van der Waals surface area contributed by atoms with Crippen molar-refractivity contribution in [3.63, 3.8) is 0 Å². The molecule has 0 atom stereocenters. The van der Waals surface area contributed by atoms with Crippen LogP contribution < -0.4 is 10.1 Å². The largest absolute Gasteiger partial charge is 0.490 e. The standard InChI is InChI=1S/C14H10BrN5O4/c1-24-12-3-2-8(4-11(12)20(22)23)14(21)17-10-5-9(15)6-19-7-16-18-13(10)19/h2-7H,1H3,(H,17,21). The van der Waals surface area contributed by atoms with Gasteiger partial charge in [-0.2, -0.15) is 0 Å². The summed E-state index contributed by atoms with van der Waals surface area (Å²) in [7, 11) is 1.33. The zero-order chi connectivity index (χ0) is 17.3. The van der Waals surface area contributed by atoms with Crippen LogP contribution in [0.5, 0.6) is 5.75 Å². The number of aromatic nitrogens is 3. The summed E-state index contributed by atoms with van der Waals surface area (Å²) < 4.78 is 7.27. The van der Waals surface area contributed by atoms with Gasteiger partial charge in [0, 0.05) is 22.3 Å². The van der Waals surface area contributed by atoms with E-state index >= 15 is 0 Å². The molecule has 1 aromatic carbocycles. The van der Waals surface area contributed by atoms with Gasteiger partial charge in [-0.15, -0.1) is 10.2 Å². The molecule has 122 valence electrons. The molecule has 0 radical (unpaired) electrons. The Morgan fingerprint density at radius 1 is 1.42 bits per heavy atom. The number of ether oxygens (including phenoxy) is 1. The van der Waals surface area contributed by atoms with Gasteiger partial charge in [0.1, 0.15) is 6.33 Å². The first-order valence-electron chi connectivity index (χ1n) is 6.62. The normalized spacial score (nSPS) is 10.6. The second kappa shape index (κ2) is 6.24. The Bertz CT molecular complexity index is 955. The number of nitro groups is 1. The van der Waals surface area contributed by atoms with Gasteiger partial charge in [0.05, 0.1) is 17.7 Å². The quantitative estimate of drug-likeness (QED) is 0.540. The zero-order valence-electron chi connectivity index (χ0n) is 12.3. The molecule has 2 heterocycles. The van der Waals surface area contributed by atoms with Crippen LogP contribution in [0.3, 0.4) is 0 Å². The number of hydrogen-bond donors (Lipinski definition) is 1. The highest BCUT2D eigenvalue weighted by molar-refractivity contribution is 9.10. The Balaban J connectivity index is 1.96. The predicted octanol–water partition coefficient (Wildman–Crippen LogP) is 2.66. The van der Waals surface area contributed by atoms with E-state index in [0.717, 1.165) is 6.07 Å². The van der Waals surface area contributed by atoms with Crippen molar-refractivity contribution in [3.8, 4) is 5.75 Å². The van der Waals surface area contributed by atoms with E-state index in [1.54, 1.807) is 16.7 Å². The molecule has 1 amide bonds. The number of amides is 1. The van der Waals surface area contributed by atoms with Gasteiger partial charge in [-0.1, -0.05) is 0 Å². The minimum absolute atomic E-state index is 0.0823. The highest BCUT2D eigenvalue weighted by Crippen LogP contribution is 2.28. The van der Waals surface area contributed by atoms with Crippen molar-refractivity contribution < 1.29 is 14.5 Å². The summed E-state index contributed by atoms with van der Waals surface area (Å²) in [5.41, 5.74) is 0.715. The lowest BCUT2D eigenvalue weighted by Crippen LogP contribution is -2.13. The van der Waals surface area contributed by atoms with Crippen LogP contribution in [0.2, 0.25) is 0 Å². The molecular formula is C14H10BrN5O4. The average Bonchev–Trinajstić information content (AvgIpc) is 3.02. The van der Waals surface area contributed by atoms with Crippen LogP contribution in [0.4, 0.5) is 11.4 Å². The van der Waals surface area contributed by atoms with Gasteiger partial charge in [-0.25, -0.2) is 0 Å². The molecule has 9 nitrogen and oxygen atoms in total. The fraction of sp³-hybridized carbons (Fsp3) is 0.0714. The minimum atomic E-state index is -0.606. The van der Waals surface area contributed by atoms with E-state index in [4.69, 9.17) is 4.74 Å². The number of nitrogens with one attached hydrogen (secondary N) is 1. The van der Waals surface area contributed by atoms with Crippen molar-refractivity contribution in [3.05, 3.63) is 56.9 Å². The van der Waals surface area contributed by atoms with Crippen LogP contribution in [0.15, 0.2) is 41.3 Å². The predicted molar refractivity (Wildman–Crippen MR) is 88.3 cm³/mol. The lowest BCUT2D eigenvalue weighted by Gasteiger charge is -2.08. The van der Waals surface area contributed by atoms with Crippen molar-refractivity contribution in [2.75, 3.05) is 12.4 Å². The summed E-state index contributed by atoms with van der Waals surface area (Å²) in [4.78, 5) is 22.9. The lowest BCUT2D eigenvalue weighted by molar-refractivity contribution is -0.385. The third kappa shape index (κ3) is 2.91. The number of nitrogens with zero attached hydrogens (tertiary/aromatic N) is 4. The van der Waals surface area contributed by atoms with Crippen molar-refractivity contribution >= 4 is 38.9 Å². The highest BCUT2D eigenvalue weighted by atomic mass is 79.9. The highest BCUT2D eigenvalue weighted by Gasteiger charge is 2.19. The Morgan fingerprint density at radius 3 is 2.92 bits per heavy atom. The first-order valence-corrected chi connectivity index (χ1v) is 7.41. The number of pyridine rings is 1. The van der Waals surface area contributed by atoms with Gasteiger partial charge in [0.25, 0.3) is 5.91 Å². The van der Waals surface area contributed by atoms with Crippen LogP contribution >= 0.6 is 15.9 Å². The number of benzene rings is 1. The van der Waals surface area contributed by atoms with E-state index < -0.39 is 10.8 Å². The average molecular weight is 392 g/mol. The van der Waals surface area contributed by atoms with Gasteiger partial charge in [0.2, 0.25) is 0 Å². The monoisotopic (exact) mass is 391 g/mol. The van der Waals surface area contributed by atoms with E-state index in [9.17, 15) is 14.9 Å². The molecule has 3 rings (SSSR count). The summed E-state index contributed by atoms with van der Waals surface area (Å²) in [6, 6.07) is 5.65. The second-order valence-corrected chi connectivity index (χ2v) is 5.65. The van der Waals surface area contributed by atoms with Crippen molar-refractivity contribution in [2.24, 2.45) is 0 Å². The Hall–Kier alpha value is -3.01. The molecule has 0 aliphatic carbocycles. The number of rotatable bonds is 4. The van der Waals surface area contributed by atoms with E-state index in [-0.39, 0.29) is 17.0 Å². The van der Waals surface area contributed by atoms with E-state index in [2.05, 4.69) is 31.4 Å². The molecule has 0 bridgehead atoms. The third-order valence-electron chi connectivity index (χ3n) is 3.24. The maximum atomic E-state index is 12.4. The van der Waals surface area contributed by atoms with Crippen LogP contribution in [-0.2, 0) is 0 Å². The lowest BCUT2D eigenvalue weighted by atomic mass is 10.1. The first-order chi connectivity index (χ1) is 11.5. The molecule has 0 aliphatic heterocycles. The molecule has 0 saturated heterocycles. The zero-order valence-corrected chi connectivity index (χ0v) is 13.8. The van der Waals surface area contributed by atoms with E-state index in [1.165, 1.54) is 25.6 Å². The number of anilines is 1. The molecule has 2 aromatic heterocycles. The number of fused-ring (bicyclic) bond motifs is 1. The third-order valence-corrected chi connectivity index (χ3v) is 3.68. The number of methoxy groups -OCH3 is 1. The van der Waals surface area contributed by atoms with E-state index in [0.29, 0.717) is 15.8 Å². The summed E-state index contributed by atoms with van der Waals surface area (Å²) >= 11 is 3.33. The number of halogens is 1. The minimum Gasteiger partial charge on any atom is -0.490 e.